The molecule has 25 heteroatoms. The normalized spacial score (nSPS) is 29.9. The van der Waals surface area contributed by atoms with E-state index < -0.39 is 146 Å². The molecular formula is C57H65ClFN7O16. The molecule has 2 aliphatic carbocycles. The maximum absolute atomic E-state index is 16.0. The molecule has 23 nitrogen and oxygen atoms in total. The van der Waals surface area contributed by atoms with Crippen LogP contribution < -0.4 is 37.2 Å². The summed E-state index contributed by atoms with van der Waals surface area (Å²) < 4.78 is 40.8. The van der Waals surface area contributed by atoms with E-state index in [1.807, 2.05) is 0 Å². The number of nitrogens with zero attached hydrogens (tertiary/aromatic N) is 3. The summed E-state index contributed by atoms with van der Waals surface area (Å²) in [6.45, 7) is 7.36. The van der Waals surface area contributed by atoms with Crippen molar-refractivity contribution in [3.63, 3.8) is 0 Å². The summed E-state index contributed by atoms with van der Waals surface area (Å²) in [7, 11) is 1.33. The number of fused-ring (bicyclic) bond motifs is 15. The van der Waals surface area contributed by atoms with Gasteiger partial charge in [0.25, 0.3) is 11.7 Å². The zero-order chi connectivity index (χ0) is 59.5. The second-order valence-electron chi connectivity index (χ2n) is 22.0. The van der Waals surface area contributed by atoms with Crippen LogP contribution in [-0.2, 0) is 28.6 Å². The lowest BCUT2D eigenvalue weighted by atomic mass is 9.83. The molecule has 5 bridgehead atoms. The van der Waals surface area contributed by atoms with E-state index in [0.29, 0.717) is 6.42 Å². The standard InChI is InChI=1S/C57H65ClFN7O16/c1-24-8-7-9-25(2)54(75)63-43-46(64-16-12-28(13-17-64)55(76)62-29-14-18-65(22-29)45-33(59)20-31-44(40(45)58)66(30-10-11-30)23-32(48(31)70)56(77)78)50(72)39-37(49(43)71)34(68)21-36-38(39)53(74)57(5,82-36)80-19-15-35(79-6)26(3)52(81-27(4)67)42(61)51(73)41(60)47(24)69/h7-9,15,19-21,23-24,26,28-30,35,41-42,47,51-52,68-69,73H,10-14,16-18,22,60-61H2,1-6H3,(H,62,76)(H,63,75)(H,77,78)/b8-7+,19-15+,25-9-/t24-,26+,29?,35-,41+,42+,47-,51+,52+,57-/m0/s1. The summed E-state index contributed by atoms with van der Waals surface area (Å²) in [5.41, 5.74) is 9.41. The van der Waals surface area contributed by atoms with E-state index >= 15 is 9.18 Å². The molecule has 1 unspecified atom stereocenters. The number of hydrogen-bond donors (Lipinski definition) is 8. The second kappa shape index (κ2) is 23.0. The first-order valence-electron chi connectivity index (χ1n) is 26.9. The molecule has 10 rings (SSSR count). The molecule has 5 aliphatic heterocycles. The number of carbonyl (C=O) groups is 7. The van der Waals surface area contributed by atoms with E-state index in [4.69, 9.17) is 42.0 Å². The van der Waals surface area contributed by atoms with Crippen LogP contribution in [0.5, 0.6) is 11.5 Å². The number of carboxylic acids is 1. The van der Waals surface area contributed by atoms with Gasteiger partial charge in [0.1, 0.15) is 40.4 Å². The Morgan fingerprint density at radius 2 is 1.61 bits per heavy atom. The Morgan fingerprint density at radius 3 is 2.26 bits per heavy atom. The number of likely N-dealkylation sites (tertiary alicyclic amines) is 1. The molecule has 2 aromatic carbocycles. The van der Waals surface area contributed by atoms with Gasteiger partial charge in [-0.15, -0.1) is 0 Å². The molecule has 438 valence electrons. The van der Waals surface area contributed by atoms with Crippen molar-refractivity contribution in [1.29, 1.82) is 0 Å². The molecule has 2 amide bonds. The van der Waals surface area contributed by atoms with Crippen molar-refractivity contribution in [2.75, 3.05) is 38.2 Å². The molecule has 7 aliphatic rings. The van der Waals surface area contributed by atoms with Gasteiger partial charge >= 0.3 is 17.7 Å². The number of aromatic nitrogens is 1. The Hall–Kier alpha value is -7.48. The summed E-state index contributed by atoms with van der Waals surface area (Å²) in [5.74, 6) is -12.6. The fraction of sp³-hybridized carbons (Fsp3) is 0.474. The number of aliphatic hydroxyl groups excluding tert-OH is 2. The molecule has 3 fully saturated rings. The lowest BCUT2D eigenvalue weighted by molar-refractivity contribution is -0.155. The molecule has 82 heavy (non-hydrogen) atoms. The van der Waals surface area contributed by atoms with Crippen molar-refractivity contribution in [1.82, 2.24) is 20.1 Å². The Kier molecular flexibility index (Phi) is 16.6. The van der Waals surface area contributed by atoms with Gasteiger partial charge in [0.2, 0.25) is 22.9 Å². The van der Waals surface area contributed by atoms with Gasteiger partial charge in [0.15, 0.2) is 0 Å². The monoisotopic (exact) mass is 1160 g/mol. The fourth-order valence-corrected chi connectivity index (χ4v) is 12.0. The largest absolute Gasteiger partial charge is 0.507 e. The van der Waals surface area contributed by atoms with E-state index in [1.54, 1.807) is 23.3 Å². The number of amides is 2. The predicted molar refractivity (Wildman–Crippen MR) is 293 cm³/mol. The summed E-state index contributed by atoms with van der Waals surface area (Å²) >= 11 is 6.90. The zero-order valence-electron chi connectivity index (χ0n) is 45.8. The number of aromatic hydroxyl groups is 1. The average Bonchev–Trinajstić information content (AvgIpc) is 4.25. The van der Waals surface area contributed by atoms with E-state index in [0.717, 1.165) is 38.2 Å². The van der Waals surface area contributed by atoms with Crippen LogP contribution in [0.1, 0.15) is 114 Å². The Labute approximate surface area is 474 Å². The second-order valence-corrected chi connectivity index (χ2v) is 22.4. The van der Waals surface area contributed by atoms with Crippen LogP contribution in [-0.4, -0.2) is 153 Å². The highest BCUT2D eigenvalue weighted by molar-refractivity contribution is 6.38. The number of hydrogen-bond acceptors (Lipinski definition) is 19. The number of phenolic OH excluding ortho intramolecular Hbond substituents is 1. The molecular weight excluding hydrogens is 1090 g/mol. The first kappa shape index (κ1) is 59.2. The van der Waals surface area contributed by atoms with Gasteiger partial charge < -0.3 is 75.8 Å². The number of pyridine rings is 1. The number of carbonyl (C=O) groups excluding carboxylic acids is 6. The number of piperidine rings is 1. The minimum atomic E-state index is -2.22. The van der Waals surface area contributed by atoms with Crippen molar-refractivity contribution in [2.45, 2.75) is 121 Å². The van der Waals surface area contributed by atoms with Gasteiger partial charge in [-0.05, 0) is 51.2 Å². The summed E-state index contributed by atoms with van der Waals surface area (Å²) in [6.07, 6.45) is 4.70. The minimum Gasteiger partial charge on any atom is -0.507 e. The van der Waals surface area contributed by atoms with E-state index in [9.17, 15) is 54.0 Å². The van der Waals surface area contributed by atoms with Crippen LogP contribution in [0.15, 0.2) is 70.7 Å². The molecule has 0 radical (unpaired) electrons. The molecule has 10 N–H and O–H groups in total. The number of halogens is 2. The average molecular weight is 1160 g/mol. The number of methoxy groups -OCH3 is 1. The number of ketones is 3. The minimum absolute atomic E-state index is 0.00425. The number of allylic oxidation sites excluding steroid dienone is 4. The van der Waals surface area contributed by atoms with E-state index in [2.05, 4.69) is 10.6 Å². The van der Waals surface area contributed by atoms with Crippen LogP contribution >= 0.6 is 11.6 Å². The van der Waals surface area contributed by atoms with Gasteiger partial charge in [-0.25, -0.2) is 9.18 Å². The third-order valence-electron chi connectivity index (χ3n) is 16.4. The van der Waals surface area contributed by atoms with Gasteiger partial charge in [-0.3, -0.25) is 33.6 Å². The molecule has 1 saturated carbocycles. The Morgan fingerprint density at radius 1 is 0.927 bits per heavy atom. The number of phenols is 1. The summed E-state index contributed by atoms with van der Waals surface area (Å²) in [6, 6.07) is -1.36. The van der Waals surface area contributed by atoms with Crippen LogP contribution in [0.2, 0.25) is 5.02 Å². The predicted octanol–water partition coefficient (Wildman–Crippen LogP) is 3.28. The van der Waals surface area contributed by atoms with Crippen molar-refractivity contribution < 1.29 is 77.3 Å². The van der Waals surface area contributed by atoms with Crippen molar-refractivity contribution in [2.24, 2.45) is 29.2 Å². The van der Waals surface area contributed by atoms with Crippen molar-refractivity contribution >= 4 is 69.3 Å². The zero-order valence-corrected chi connectivity index (χ0v) is 46.5. The number of aliphatic hydroxyl groups is 2. The van der Waals surface area contributed by atoms with Crippen LogP contribution in [0.3, 0.4) is 0 Å². The summed E-state index contributed by atoms with van der Waals surface area (Å²) in [4.78, 5) is 113. The Bertz CT molecular complexity index is 3380. The van der Waals surface area contributed by atoms with Crippen molar-refractivity contribution in [3.05, 3.63) is 109 Å². The van der Waals surface area contributed by atoms with Crippen LogP contribution in [0.25, 0.3) is 10.9 Å². The molecule has 10 atom stereocenters. The smallest absolute Gasteiger partial charge is 0.341 e. The number of rotatable bonds is 8. The number of Topliss-reactive ketones (excluding diaryl/α,β-unsaturated/α-hetero) is 3. The first-order chi connectivity index (χ1) is 38.8. The van der Waals surface area contributed by atoms with Crippen LogP contribution in [0.4, 0.5) is 10.1 Å². The number of esters is 1. The third-order valence-corrected chi connectivity index (χ3v) is 16.7. The highest BCUT2D eigenvalue weighted by Gasteiger charge is 2.53. The van der Waals surface area contributed by atoms with Gasteiger partial charge in [0, 0.05) is 94.8 Å². The van der Waals surface area contributed by atoms with Crippen LogP contribution in [0, 0.1) is 23.6 Å². The van der Waals surface area contributed by atoms with E-state index in [1.165, 1.54) is 56.4 Å². The lowest BCUT2D eigenvalue weighted by Crippen LogP contribution is -2.60. The number of nitrogens with one attached hydrogen (secondary N) is 2. The first-order valence-corrected chi connectivity index (χ1v) is 27.3. The molecule has 1 aromatic heterocycles. The Balaban J connectivity index is 0.990. The van der Waals surface area contributed by atoms with E-state index in [-0.39, 0.29) is 89.6 Å². The molecule has 6 heterocycles. The number of nitrogens with two attached hydrogens (primary N) is 2. The molecule has 2 saturated heterocycles. The third kappa shape index (κ3) is 10.9. The molecule has 0 spiro atoms. The highest BCUT2D eigenvalue weighted by Crippen LogP contribution is 2.47. The topological polar surface area (TPSA) is 342 Å². The molecule has 3 aromatic rings. The quantitative estimate of drug-likeness (QED) is 0.150. The number of benzene rings is 2. The number of anilines is 1. The van der Waals surface area contributed by atoms with Gasteiger partial charge in [0.05, 0.1) is 75.0 Å². The SMILES string of the molecule is CO[C@H]1/C=C/O[C@@]2(C)Oc3cc(O)c4c(c3C2=O)C(=O)C(N2CCC(C(=O)NC3CCN(c5c(F)cc6c(=O)c(C(=O)O)cn(C7CC7)c6c5Cl)C3)CC2)=C(NC(=O)/C(C)=C\C=C\[C@H](C)[C@H](O)[C@@H](N)[C@@H](O)[C@@H](N)[C@H](OC(C)=O)[C@@H]1C)C4=O. The number of carboxylic acid groups (broad SMARTS) is 1. The maximum atomic E-state index is 16.0. The van der Waals surface area contributed by atoms with Gasteiger partial charge in [-0.1, -0.05) is 43.7 Å². The van der Waals surface area contributed by atoms with Crippen molar-refractivity contribution in [3.8, 4) is 11.5 Å². The number of aromatic carboxylic acids is 1. The maximum Gasteiger partial charge on any atom is 0.341 e. The van der Waals surface area contributed by atoms with Gasteiger partial charge in [-0.2, -0.15) is 0 Å². The number of ether oxygens (including phenoxy) is 4. The lowest BCUT2D eigenvalue weighted by Gasteiger charge is -2.37. The highest BCUT2D eigenvalue weighted by atomic mass is 35.5. The summed E-state index contributed by atoms with van der Waals surface area (Å²) in [5, 5.41) is 49.3. The fourth-order valence-electron chi connectivity index (χ4n) is 11.5.